The summed E-state index contributed by atoms with van der Waals surface area (Å²) < 4.78 is 5.32. The minimum atomic E-state index is -0.689. The Morgan fingerprint density at radius 3 is 2.52 bits per heavy atom. The van der Waals surface area contributed by atoms with Gasteiger partial charge in [0.25, 0.3) is 5.91 Å². The van der Waals surface area contributed by atoms with Gasteiger partial charge in [-0.05, 0) is 35.7 Å². The normalized spacial score (nSPS) is 12.6. The summed E-state index contributed by atoms with van der Waals surface area (Å²) in [5.41, 5.74) is 3.26. The summed E-state index contributed by atoms with van der Waals surface area (Å²) in [6.07, 6.45) is -0.689. The second-order valence-corrected chi connectivity index (χ2v) is 5.82. The molecule has 0 heterocycles. The van der Waals surface area contributed by atoms with E-state index in [1.165, 1.54) is 7.11 Å². The Labute approximate surface area is 152 Å². The minimum Gasteiger partial charge on any atom is -0.391 e. The van der Waals surface area contributed by atoms with Crippen LogP contribution in [0.5, 0.6) is 0 Å². The number of ether oxygens (including phenoxy) is 1. The largest absolute Gasteiger partial charge is 0.391 e. The number of hydrogen-bond acceptors (Lipinski definition) is 4. The van der Waals surface area contributed by atoms with Crippen LogP contribution in [-0.2, 0) is 21.0 Å². The Hall–Kier alpha value is -2.37. The van der Waals surface area contributed by atoms with E-state index in [1.54, 1.807) is 19.2 Å². The lowest BCUT2D eigenvalue weighted by Gasteiger charge is -2.17. The molecule has 0 aromatic heterocycles. The van der Waals surface area contributed by atoms with Crippen molar-refractivity contribution in [1.29, 1.82) is 0 Å². The average molecular weight is 361 g/mol. The predicted molar refractivity (Wildman–Crippen MR) is 98.7 cm³/mol. The maximum Gasteiger partial charge on any atom is 0.253 e. The van der Waals surface area contributed by atoms with Gasteiger partial charge in [-0.3, -0.25) is 4.79 Å². The molecule has 1 atom stereocenters. The number of halogens is 1. The fraction of sp³-hybridized carbons (Fsp3) is 0.263. The van der Waals surface area contributed by atoms with Gasteiger partial charge < -0.3 is 14.9 Å². The van der Waals surface area contributed by atoms with Crippen LogP contribution in [0, 0.1) is 0 Å². The molecule has 2 aromatic carbocycles. The number of hydrogen-bond donors (Lipinski definition) is 1. The molecule has 0 aliphatic carbocycles. The molecule has 0 bridgehead atoms. The van der Waals surface area contributed by atoms with Crippen LogP contribution in [0.15, 0.2) is 53.7 Å². The van der Waals surface area contributed by atoms with E-state index < -0.39 is 6.10 Å². The fourth-order valence-electron chi connectivity index (χ4n) is 2.37. The zero-order valence-corrected chi connectivity index (χ0v) is 15.2. The van der Waals surface area contributed by atoms with Crippen molar-refractivity contribution >= 4 is 23.2 Å². The third kappa shape index (κ3) is 5.05. The highest BCUT2D eigenvalue weighted by molar-refractivity contribution is 6.30. The Morgan fingerprint density at radius 1 is 1.20 bits per heavy atom. The molecule has 6 heteroatoms. The number of oxime groups is 1. The first-order chi connectivity index (χ1) is 12.1. The van der Waals surface area contributed by atoms with Gasteiger partial charge in [0, 0.05) is 19.2 Å². The molecule has 0 aliphatic rings. The van der Waals surface area contributed by atoms with Crippen molar-refractivity contribution in [3.05, 3.63) is 70.2 Å². The van der Waals surface area contributed by atoms with Gasteiger partial charge in [-0.25, -0.2) is 0 Å². The van der Waals surface area contributed by atoms with Gasteiger partial charge in [-0.15, -0.1) is 0 Å². The van der Waals surface area contributed by atoms with Gasteiger partial charge >= 0.3 is 0 Å². The molecule has 0 fully saturated rings. The van der Waals surface area contributed by atoms with Crippen LogP contribution in [0.2, 0.25) is 5.02 Å². The third-order valence-electron chi connectivity index (χ3n) is 3.74. The second-order valence-electron chi connectivity index (χ2n) is 5.39. The summed E-state index contributed by atoms with van der Waals surface area (Å²) in [6, 6.07) is 14.8. The van der Waals surface area contributed by atoms with Gasteiger partial charge in [0.1, 0.15) is 6.61 Å². The average Bonchev–Trinajstić information content (AvgIpc) is 2.63. The highest BCUT2D eigenvalue weighted by Gasteiger charge is 2.21. The van der Waals surface area contributed by atoms with Crippen molar-refractivity contribution in [3.63, 3.8) is 0 Å². The molecule has 0 radical (unpaired) electrons. The quantitative estimate of drug-likeness (QED) is 0.604. The topological polar surface area (TPSA) is 59.9 Å². The number of nitrogens with zero attached hydrogens (tertiary/aromatic N) is 1. The van der Waals surface area contributed by atoms with Crippen molar-refractivity contribution in [2.75, 3.05) is 14.2 Å². The molecule has 1 amide bonds. The van der Waals surface area contributed by atoms with Crippen LogP contribution < -0.4 is 5.32 Å². The van der Waals surface area contributed by atoms with Crippen molar-refractivity contribution in [3.8, 4) is 0 Å². The van der Waals surface area contributed by atoms with Crippen molar-refractivity contribution in [2.24, 2.45) is 5.16 Å². The standard InChI is InChI=1S/C19H21ClN2O3/c1-13(14-8-10-16(20)11-9-14)22-25-12-15-6-4-5-7-17(15)18(24-3)19(23)21-2/h4-11,18H,12H2,1-3H3,(H,21,23)/b22-13-. The zero-order valence-electron chi connectivity index (χ0n) is 14.5. The van der Waals surface area contributed by atoms with E-state index in [0.29, 0.717) is 5.02 Å². The number of carbonyl (C=O) groups excluding carboxylic acids is 1. The van der Waals surface area contributed by atoms with Crippen LogP contribution in [0.1, 0.15) is 29.7 Å². The zero-order chi connectivity index (χ0) is 18.2. The van der Waals surface area contributed by atoms with Crippen LogP contribution >= 0.6 is 11.6 Å². The Bertz CT molecular complexity index is 745. The molecule has 2 rings (SSSR count). The molecule has 25 heavy (non-hydrogen) atoms. The highest BCUT2D eigenvalue weighted by atomic mass is 35.5. The van der Waals surface area contributed by atoms with Gasteiger partial charge in [0.05, 0.1) is 5.71 Å². The van der Waals surface area contributed by atoms with Crippen molar-refractivity contribution in [2.45, 2.75) is 19.6 Å². The van der Waals surface area contributed by atoms with E-state index in [4.69, 9.17) is 21.2 Å². The molecule has 0 saturated carbocycles. The fourth-order valence-corrected chi connectivity index (χ4v) is 2.50. The monoisotopic (exact) mass is 360 g/mol. The lowest BCUT2D eigenvalue weighted by molar-refractivity contribution is -0.130. The molecule has 2 aromatic rings. The summed E-state index contributed by atoms with van der Waals surface area (Å²) in [7, 11) is 3.08. The second kappa shape index (κ2) is 9.20. The Kier molecular flexibility index (Phi) is 6.98. The molecule has 132 valence electrons. The van der Waals surface area contributed by atoms with Gasteiger partial charge in [0.2, 0.25) is 0 Å². The predicted octanol–water partition coefficient (Wildman–Crippen LogP) is 3.71. The van der Waals surface area contributed by atoms with Crippen LogP contribution in [0.4, 0.5) is 0 Å². The molecular weight excluding hydrogens is 340 g/mol. The highest BCUT2D eigenvalue weighted by Crippen LogP contribution is 2.22. The third-order valence-corrected chi connectivity index (χ3v) is 3.99. The lowest BCUT2D eigenvalue weighted by atomic mass is 10.0. The van der Waals surface area contributed by atoms with Crippen molar-refractivity contribution < 1.29 is 14.4 Å². The van der Waals surface area contributed by atoms with Gasteiger partial charge in [-0.1, -0.05) is 53.2 Å². The SMILES string of the molecule is CNC(=O)C(OC)c1ccccc1CO/N=C(/C)c1ccc(Cl)cc1. The van der Waals surface area contributed by atoms with Crippen LogP contribution in [-0.4, -0.2) is 25.8 Å². The molecule has 0 spiro atoms. The molecular formula is C19H21ClN2O3. The molecule has 1 unspecified atom stereocenters. The Balaban J connectivity index is 2.12. The van der Waals surface area contributed by atoms with Crippen LogP contribution in [0.25, 0.3) is 0 Å². The first-order valence-electron chi connectivity index (χ1n) is 7.81. The first-order valence-corrected chi connectivity index (χ1v) is 8.19. The number of carbonyl (C=O) groups is 1. The molecule has 5 nitrogen and oxygen atoms in total. The summed E-state index contributed by atoms with van der Waals surface area (Å²) in [5, 5.41) is 7.41. The molecule has 1 N–H and O–H groups in total. The summed E-state index contributed by atoms with van der Waals surface area (Å²) in [5.74, 6) is -0.212. The summed E-state index contributed by atoms with van der Waals surface area (Å²) >= 11 is 5.88. The van der Waals surface area contributed by atoms with E-state index in [1.807, 2.05) is 43.3 Å². The van der Waals surface area contributed by atoms with Gasteiger partial charge in [0.15, 0.2) is 6.10 Å². The lowest BCUT2D eigenvalue weighted by Crippen LogP contribution is -2.27. The maximum atomic E-state index is 12.0. The number of nitrogens with one attached hydrogen (secondary N) is 1. The van der Waals surface area contributed by atoms with E-state index in [2.05, 4.69) is 10.5 Å². The first kappa shape index (κ1) is 19.0. The maximum absolute atomic E-state index is 12.0. The number of methoxy groups -OCH3 is 1. The smallest absolute Gasteiger partial charge is 0.253 e. The number of benzene rings is 2. The number of rotatable bonds is 7. The number of likely N-dealkylation sites (N-methyl/N-ethyl adjacent to an activating group) is 1. The summed E-state index contributed by atoms with van der Waals surface area (Å²) in [6.45, 7) is 2.09. The number of amides is 1. The van der Waals surface area contributed by atoms with E-state index in [0.717, 1.165) is 22.4 Å². The minimum absolute atomic E-state index is 0.212. The Morgan fingerprint density at radius 2 is 1.88 bits per heavy atom. The van der Waals surface area contributed by atoms with E-state index in [-0.39, 0.29) is 12.5 Å². The summed E-state index contributed by atoms with van der Waals surface area (Å²) in [4.78, 5) is 17.5. The van der Waals surface area contributed by atoms with Crippen molar-refractivity contribution in [1.82, 2.24) is 5.32 Å². The van der Waals surface area contributed by atoms with Gasteiger partial charge in [-0.2, -0.15) is 0 Å². The van der Waals surface area contributed by atoms with E-state index >= 15 is 0 Å². The van der Waals surface area contributed by atoms with E-state index in [9.17, 15) is 4.79 Å². The van der Waals surface area contributed by atoms with Crippen LogP contribution in [0.3, 0.4) is 0 Å². The molecule has 0 aliphatic heterocycles. The molecule has 0 saturated heterocycles.